The van der Waals surface area contributed by atoms with E-state index in [9.17, 15) is 14.7 Å². The standard InChI is InChI=1S/C12H11IN2O4/c1-15-11(17)8(14-12(15)18)4-6-3-7(13)10(16)9(5-6)19-2/h3-5,16H,1-2H3,(H,14,18)/b8-4+. The van der Waals surface area contributed by atoms with Crippen LogP contribution in [0.3, 0.4) is 0 Å². The van der Waals surface area contributed by atoms with Crippen molar-refractivity contribution in [2.24, 2.45) is 0 Å². The summed E-state index contributed by atoms with van der Waals surface area (Å²) in [5.41, 5.74) is 0.842. The van der Waals surface area contributed by atoms with E-state index in [0.29, 0.717) is 14.9 Å². The molecule has 19 heavy (non-hydrogen) atoms. The Morgan fingerprint density at radius 3 is 2.63 bits per heavy atom. The summed E-state index contributed by atoms with van der Waals surface area (Å²) in [4.78, 5) is 24.0. The Kier molecular flexibility index (Phi) is 3.65. The van der Waals surface area contributed by atoms with E-state index in [2.05, 4.69) is 5.32 Å². The SMILES string of the molecule is COc1cc(/C=C2/NC(=O)N(C)C2=O)cc(I)c1O. The number of halogens is 1. The fourth-order valence-electron chi connectivity index (χ4n) is 1.62. The molecule has 1 fully saturated rings. The fourth-order valence-corrected chi connectivity index (χ4v) is 2.25. The van der Waals surface area contributed by atoms with E-state index in [4.69, 9.17) is 4.74 Å². The van der Waals surface area contributed by atoms with E-state index in [1.807, 2.05) is 22.6 Å². The second-order valence-corrected chi connectivity index (χ2v) is 5.07. The van der Waals surface area contributed by atoms with Gasteiger partial charge < -0.3 is 15.2 Å². The van der Waals surface area contributed by atoms with Gasteiger partial charge in [0, 0.05) is 7.05 Å². The number of hydrogen-bond acceptors (Lipinski definition) is 4. The van der Waals surface area contributed by atoms with Crippen molar-refractivity contribution in [3.8, 4) is 11.5 Å². The number of amides is 3. The van der Waals surface area contributed by atoms with Crippen molar-refractivity contribution in [3.05, 3.63) is 27.0 Å². The predicted molar refractivity (Wildman–Crippen MR) is 76.7 cm³/mol. The molecule has 0 aliphatic carbocycles. The largest absolute Gasteiger partial charge is 0.504 e. The highest BCUT2D eigenvalue weighted by molar-refractivity contribution is 14.1. The fraction of sp³-hybridized carbons (Fsp3) is 0.167. The minimum Gasteiger partial charge on any atom is -0.504 e. The van der Waals surface area contributed by atoms with Crippen molar-refractivity contribution < 1.29 is 19.4 Å². The van der Waals surface area contributed by atoms with Gasteiger partial charge in [-0.25, -0.2) is 4.79 Å². The number of hydrogen-bond donors (Lipinski definition) is 2. The lowest BCUT2D eigenvalue weighted by atomic mass is 10.1. The third-order valence-electron chi connectivity index (χ3n) is 2.66. The highest BCUT2D eigenvalue weighted by atomic mass is 127. The number of benzene rings is 1. The maximum atomic E-state index is 11.7. The normalized spacial score (nSPS) is 17.0. The van der Waals surface area contributed by atoms with Crippen molar-refractivity contribution >= 4 is 40.6 Å². The smallest absolute Gasteiger partial charge is 0.328 e. The summed E-state index contributed by atoms with van der Waals surface area (Å²) in [6, 6.07) is 2.81. The van der Waals surface area contributed by atoms with Gasteiger partial charge in [-0.1, -0.05) is 0 Å². The van der Waals surface area contributed by atoms with E-state index in [0.717, 1.165) is 4.90 Å². The first-order valence-electron chi connectivity index (χ1n) is 5.31. The summed E-state index contributed by atoms with van der Waals surface area (Å²) in [5.74, 6) is -0.0416. The van der Waals surface area contributed by atoms with Crippen LogP contribution in [-0.2, 0) is 4.79 Å². The van der Waals surface area contributed by atoms with E-state index >= 15 is 0 Å². The van der Waals surface area contributed by atoms with Crippen LogP contribution in [0.4, 0.5) is 4.79 Å². The summed E-state index contributed by atoms with van der Waals surface area (Å²) in [6.45, 7) is 0. The zero-order chi connectivity index (χ0) is 14.2. The van der Waals surface area contributed by atoms with Gasteiger partial charge in [-0.3, -0.25) is 9.69 Å². The zero-order valence-electron chi connectivity index (χ0n) is 10.2. The lowest BCUT2D eigenvalue weighted by Gasteiger charge is -2.07. The Hall–Kier alpha value is -1.77. The van der Waals surface area contributed by atoms with E-state index < -0.39 is 11.9 Å². The minimum absolute atomic E-state index is 0.0455. The molecule has 0 atom stereocenters. The Labute approximate surface area is 123 Å². The first-order chi connectivity index (χ1) is 8.93. The van der Waals surface area contributed by atoms with Crippen LogP contribution in [0.2, 0.25) is 0 Å². The summed E-state index contributed by atoms with van der Waals surface area (Å²) >= 11 is 1.96. The molecule has 7 heteroatoms. The average molecular weight is 374 g/mol. The number of methoxy groups -OCH3 is 1. The Bertz CT molecular complexity index is 598. The van der Waals surface area contributed by atoms with E-state index in [1.165, 1.54) is 20.2 Å². The molecule has 0 aromatic heterocycles. The average Bonchev–Trinajstić information content (AvgIpc) is 2.61. The number of phenols is 1. The molecule has 0 saturated carbocycles. The molecule has 0 bridgehead atoms. The molecule has 1 aromatic rings. The zero-order valence-corrected chi connectivity index (χ0v) is 12.4. The van der Waals surface area contributed by atoms with Crippen molar-refractivity contribution in [1.82, 2.24) is 10.2 Å². The van der Waals surface area contributed by atoms with Crippen molar-refractivity contribution in [1.29, 1.82) is 0 Å². The third-order valence-corrected chi connectivity index (χ3v) is 3.49. The first-order valence-corrected chi connectivity index (χ1v) is 6.39. The van der Waals surface area contributed by atoms with Crippen molar-refractivity contribution in [2.45, 2.75) is 0 Å². The molecular formula is C12H11IN2O4. The summed E-state index contributed by atoms with van der Waals surface area (Å²) in [7, 11) is 2.85. The van der Waals surface area contributed by atoms with Gasteiger partial charge in [0.2, 0.25) is 0 Å². The molecule has 1 aliphatic heterocycles. The Morgan fingerprint density at radius 2 is 2.11 bits per heavy atom. The molecule has 1 heterocycles. The molecule has 3 amide bonds. The van der Waals surface area contributed by atoms with Gasteiger partial charge in [0.1, 0.15) is 5.70 Å². The summed E-state index contributed by atoms with van der Waals surface area (Å²) in [5, 5.41) is 12.2. The molecule has 2 rings (SSSR count). The molecule has 2 N–H and O–H groups in total. The molecule has 1 aliphatic rings. The monoisotopic (exact) mass is 374 g/mol. The number of nitrogens with one attached hydrogen (secondary N) is 1. The van der Waals surface area contributed by atoms with Crippen LogP contribution in [0.5, 0.6) is 11.5 Å². The second-order valence-electron chi connectivity index (χ2n) is 3.91. The molecule has 1 saturated heterocycles. The highest BCUT2D eigenvalue weighted by Gasteiger charge is 2.30. The maximum Gasteiger partial charge on any atom is 0.328 e. The van der Waals surface area contributed by atoms with Gasteiger partial charge in [0.05, 0.1) is 10.7 Å². The lowest BCUT2D eigenvalue weighted by Crippen LogP contribution is -2.25. The molecule has 100 valence electrons. The second kappa shape index (κ2) is 5.08. The van der Waals surface area contributed by atoms with E-state index in [-0.39, 0.29) is 11.4 Å². The number of aromatic hydroxyl groups is 1. The van der Waals surface area contributed by atoms with Gasteiger partial charge in [-0.15, -0.1) is 0 Å². The number of imide groups is 1. The van der Waals surface area contributed by atoms with Crippen molar-refractivity contribution in [2.75, 3.05) is 14.2 Å². The number of urea groups is 1. The van der Waals surface area contributed by atoms with Gasteiger partial charge in [0.15, 0.2) is 11.5 Å². The first kappa shape index (κ1) is 13.7. The number of carbonyl (C=O) groups excluding carboxylic acids is 2. The van der Waals surface area contributed by atoms with Crippen LogP contribution in [-0.4, -0.2) is 36.1 Å². The molecule has 0 spiro atoms. The van der Waals surface area contributed by atoms with Crippen LogP contribution >= 0.6 is 22.6 Å². The number of nitrogens with zero attached hydrogens (tertiary/aromatic N) is 1. The topological polar surface area (TPSA) is 78.9 Å². The van der Waals surface area contributed by atoms with Crippen LogP contribution < -0.4 is 10.1 Å². The number of phenolic OH excluding ortho intramolecular Hbond substituents is 1. The maximum absolute atomic E-state index is 11.7. The Balaban J connectivity index is 2.42. The highest BCUT2D eigenvalue weighted by Crippen LogP contribution is 2.33. The van der Waals surface area contributed by atoms with E-state index in [1.54, 1.807) is 12.1 Å². The number of carbonyl (C=O) groups is 2. The van der Waals surface area contributed by atoms with Gasteiger partial charge in [-0.2, -0.15) is 0 Å². The van der Waals surface area contributed by atoms with Crippen molar-refractivity contribution in [3.63, 3.8) is 0 Å². The molecule has 1 aromatic carbocycles. The lowest BCUT2D eigenvalue weighted by molar-refractivity contribution is -0.121. The summed E-state index contributed by atoms with van der Waals surface area (Å²) < 4.78 is 5.62. The van der Waals surface area contributed by atoms with Crippen LogP contribution in [0.25, 0.3) is 6.08 Å². The summed E-state index contributed by atoms with van der Waals surface area (Å²) in [6.07, 6.45) is 1.54. The van der Waals surface area contributed by atoms with Gasteiger partial charge in [-0.05, 0) is 46.4 Å². The van der Waals surface area contributed by atoms with Gasteiger partial charge >= 0.3 is 6.03 Å². The van der Waals surface area contributed by atoms with Crippen LogP contribution in [0.1, 0.15) is 5.56 Å². The number of rotatable bonds is 2. The molecular weight excluding hydrogens is 363 g/mol. The molecule has 0 radical (unpaired) electrons. The third kappa shape index (κ3) is 2.50. The minimum atomic E-state index is -0.461. The molecule has 0 unspecified atom stereocenters. The number of ether oxygens (including phenoxy) is 1. The number of likely N-dealkylation sites (N-methyl/N-ethyl adjacent to an activating group) is 1. The molecule has 6 nitrogen and oxygen atoms in total. The Morgan fingerprint density at radius 1 is 1.42 bits per heavy atom. The van der Waals surface area contributed by atoms with Crippen LogP contribution in [0.15, 0.2) is 17.8 Å². The quantitative estimate of drug-likeness (QED) is 0.468. The van der Waals surface area contributed by atoms with Crippen LogP contribution in [0, 0.1) is 3.57 Å². The predicted octanol–water partition coefficient (Wildman–Crippen LogP) is 1.53. The van der Waals surface area contributed by atoms with Gasteiger partial charge in [0.25, 0.3) is 5.91 Å².